The molecule has 1 saturated carbocycles. The summed E-state index contributed by atoms with van der Waals surface area (Å²) in [5, 5.41) is 16.7. The van der Waals surface area contributed by atoms with Crippen LogP contribution >= 0.6 is 0 Å². The van der Waals surface area contributed by atoms with Crippen molar-refractivity contribution < 1.29 is 27.6 Å². The summed E-state index contributed by atoms with van der Waals surface area (Å²) in [6.45, 7) is 2.53. The third kappa shape index (κ3) is 6.52. The van der Waals surface area contributed by atoms with Gasteiger partial charge in [0.25, 0.3) is 5.69 Å². The number of hydrogen-bond acceptors (Lipinski definition) is 7. The van der Waals surface area contributed by atoms with Crippen molar-refractivity contribution >= 4 is 23.2 Å². The molecule has 4 rings (SSSR count). The maximum absolute atomic E-state index is 13.3. The summed E-state index contributed by atoms with van der Waals surface area (Å²) in [5.41, 5.74) is -2.02. The molecule has 10 nitrogen and oxygen atoms in total. The Hall–Kier alpha value is -3.77. The first-order valence-corrected chi connectivity index (χ1v) is 12.1. The minimum absolute atomic E-state index is 0.0710. The summed E-state index contributed by atoms with van der Waals surface area (Å²) in [6, 6.07) is 8.40. The number of alkyl halides is 3. The van der Waals surface area contributed by atoms with Gasteiger partial charge in [-0.3, -0.25) is 10.1 Å². The smallest absolute Gasteiger partial charge is 0.423 e. The Kier molecular flexibility index (Phi) is 7.89. The molecule has 2 N–H and O–H groups in total. The number of amides is 2. The third-order valence-corrected chi connectivity index (χ3v) is 6.64. The zero-order valence-electron chi connectivity index (χ0n) is 20.3. The summed E-state index contributed by atoms with van der Waals surface area (Å²) < 4.78 is 45.9. The highest BCUT2D eigenvalue weighted by atomic mass is 19.4. The second-order valence-electron chi connectivity index (χ2n) is 9.09. The van der Waals surface area contributed by atoms with Crippen LogP contribution < -0.4 is 20.3 Å². The van der Waals surface area contributed by atoms with Crippen LogP contribution in [0, 0.1) is 10.1 Å². The number of aromatic nitrogens is 1. The Morgan fingerprint density at radius 2 is 1.81 bits per heavy atom. The van der Waals surface area contributed by atoms with Crippen molar-refractivity contribution in [3.05, 3.63) is 52.1 Å². The summed E-state index contributed by atoms with van der Waals surface area (Å²) in [7, 11) is 1.61. The largest absolute Gasteiger partial charge is 0.474 e. The molecule has 1 saturated heterocycles. The standard InChI is InChI=1S/C24H29F3N6O4/c1-28-23(34)32-13-11-31(12-14-32)21-3-2-4-22(30-21)37-18-8-5-16(6-9-18)29-17-7-10-20(33(35)36)19(15-17)24(25,26)27/h2-4,7,10,15-16,18,29H,5-6,8-9,11-14H2,1H3,(H,28,34)/t16-,18-. The molecule has 2 aliphatic rings. The number of nitrogens with zero attached hydrogens (tertiary/aromatic N) is 4. The normalized spacial score (nSPS) is 20.3. The van der Waals surface area contributed by atoms with E-state index in [4.69, 9.17) is 4.74 Å². The summed E-state index contributed by atoms with van der Waals surface area (Å²) >= 11 is 0. The van der Waals surface area contributed by atoms with Gasteiger partial charge in [0.2, 0.25) is 5.88 Å². The van der Waals surface area contributed by atoms with E-state index in [1.807, 2.05) is 12.1 Å². The van der Waals surface area contributed by atoms with Gasteiger partial charge in [0.05, 0.1) is 4.92 Å². The Bertz CT molecular complexity index is 1120. The van der Waals surface area contributed by atoms with Crippen molar-refractivity contribution in [2.24, 2.45) is 0 Å². The number of rotatable bonds is 6. The number of urea groups is 1. The molecule has 1 aromatic heterocycles. The maximum Gasteiger partial charge on any atom is 0.423 e. The van der Waals surface area contributed by atoms with Crippen LogP contribution in [0.1, 0.15) is 31.2 Å². The van der Waals surface area contributed by atoms with Gasteiger partial charge in [0.15, 0.2) is 0 Å². The molecule has 13 heteroatoms. The lowest BCUT2D eigenvalue weighted by atomic mass is 9.92. The second-order valence-corrected chi connectivity index (χ2v) is 9.09. The zero-order chi connectivity index (χ0) is 26.6. The van der Waals surface area contributed by atoms with Gasteiger partial charge >= 0.3 is 12.2 Å². The number of pyridine rings is 1. The molecule has 1 aliphatic carbocycles. The van der Waals surface area contributed by atoms with E-state index >= 15 is 0 Å². The van der Waals surface area contributed by atoms with Crippen molar-refractivity contribution in [1.82, 2.24) is 15.2 Å². The van der Waals surface area contributed by atoms with E-state index in [0.29, 0.717) is 57.7 Å². The number of anilines is 2. The number of nitrogens with one attached hydrogen (secondary N) is 2. The molecule has 37 heavy (non-hydrogen) atoms. The third-order valence-electron chi connectivity index (χ3n) is 6.64. The van der Waals surface area contributed by atoms with Crippen molar-refractivity contribution in [2.45, 2.75) is 44.0 Å². The molecule has 2 amide bonds. The van der Waals surface area contributed by atoms with Crippen molar-refractivity contribution in [1.29, 1.82) is 0 Å². The Morgan fingerprint density at radius 3 is 2.43 bits per heavy atom. The second kappa shape index (κ2) is 11.1. The lowest BCUT2D eigenvalue weighted by Gasteiger charge is -2.35. The number of carbonyl (C=O) groups is 1. The van der Waals surface area contributed by atoms with Gasteiger partial charge in [-0.1, -0.05) is 6.07 Å². The molecule has 1 aromatic carbocycles. The fourth-order valence-electron chi connectivity index (χ4n) is 4.69. The molecule has 0 radical (unpaired) electrons. The first-order valence-electron chi connectivity index (χ1n) is 12.1. The van der Waals surface area contributed by atoms with Gasteiger partial charge in [-0.15, -0.1) is 0 Å². The number of nitro groups is 1. The average molecular weight is 523 g/mol. The van der Waals surface area contributed by atoms with Crippen LogP contribution in [-0.2, 0) is 6.18 Å². The van der Waals surface area contributed by atoms with Gasteiger partial charge in [0, 0.05) is 57.1 Å². The van der Waals surface area contributed by atoms with Gasteiger partial charge in [0.1, 0.15) is 17.5 Å². The highest BCUT2D eigenvalue weighted by Crippen LogP contribution is 2.38. The average Bonchev–Trinajstić information content (AvgIpc) is 2.89. The van der Waals surface area contributed by atoms with Crippen LogP contribution in [0.5, 0.6) is 5.88 Å². The molecular weight excluding hydrogens is 493 g/mol. The molecule has 200 valence electrons. The SMILES string of the molecule is CNC(=O)N1CCN(c2cccc(O[C@H]3CC[C@H](Nc4ccc([N+](=O)[O-])c(C(F)(F)F)c4)CC3)n2)CC1. The molecule has 0 unspecified atom stereocenters. The van der Waals surface area contributed by atoms with Crippen LogP contribution in [0.25, 0.3) is 0 Å². The van der Waals surface area contributed by atoms with Crippen molar-refractivity contribution in [3.63, 3.8) is 0 Å². The van der Waals surface area contributed by atoms with Gasteiger partial charge in [-0.25, -0.2) is 4.79 Å². The van der Waals surface area contributed by atoms with E-state index < -0.39 is 22.4 Å². The monoisotopic (exact) mass is 522 g/mol. The first kappa shape index (κ1) is 26.3. The fourth-order valence-corrected chi connectivity index (χ4v) is 4.69. The van der Waals surface area contributed by atoms with E-state index in [1.54, 1.807) is 18.0 Å². The Morgan fingerprint density at radius 1 is 1.11 bits per heavy atom. The number of halogens is 3. The molecule has 0 atom stereocenters. The lowest BCUT2D eigenvalue weighted by molar-refractivity contribution is -0.388. The molecule has 2 heterocycles. The van der Waals surface area contributed by atoms with Crippen LogP contribution in [-0.4, -0.2) is 66.2 Å². The van der Waals surface area contributed by atoms with Crippen molar-refractivity contribution in [3.8, 4) is 5.88 Å². The highest BCUT2D eigenvalue weighted by molar-refractivity contribution is 5.74. The number of benzene rings is 1. The van der Waals surface area contributed by atoms with Crippen LogP contribution in [0.3, 0.4) is 0 Å². The fraction of sp³-hybridized carbons (Fsp3) is 0.500. The minimum Gasteiger partial charge on any atom is -0.474 e. The summed E-state index contributed by atoms with van der Waals surface area (Å²) in [5.74, 6) is 1.29. The quantitative estimate of drug-likeness (QED) is 0.430. The number of piperazine rings is 1. The maximum atomic E-state index is 13.3. The van der Waals surface area contributed by atoms with E-state index in [9.17, 15) is 28.1 Å². The molecule has 2 fully saturated rings. The van der Waals surface area contributed by atoms with Crippen LogP contribution in [0.15, 0.2) is 36.4 Å². The van der Waals surface area contributed by atoms with E-state index in [1.165, 1.54) is 6.07 Å². The van der Waals surface area contributed by atoms with Gasteiger partial charge < -0.3 is 25.2 Å². The zero-order valence-corrected chi connectivity index (χ0v) is 20.3. The molecule has 1 aliphatic heterocycles. The predicted molar refractivity (Wildman–Crippen MR) is 131 cm³/mol. The van der Waals surface area contributed by atoms with Gasteiger partial charge in [-0.05, 0) is 43.9 Å². The summed E-state index contributed by atoms with van der Waals surface area (Å²) in [6.07, 6.45) is -2.17. The van der Waals surface area contributed by atoms with Crippen molar-refractivity contribution in [2.75, 3.05) is 43.4 Å². The number of nitro benzene ring substituents is 1. The Balaban J connectivity index is 1.30. The molecular formula is C24H29F3N6O4. The van der Waals surface area contributed by atoms with Crippen LogP contribution in [0.2, 0.25) is 0 Å². The highest BCUT2D eigenvalue weighted by Gasteiger charge is 2.38. The molecule has 2 aromatic rings. The summed E-state index contributed by atoms with van der Waals surface area (Å²) in [4.78, 5) is 30.2. The molecule has 0 spiro atoms. The van der Waals surface area contributed by atoms with E-state index in [0.717, 1.165) is 18.0 Å². The number of hydrogen-bond donors (Lipinski definition) is 2. The Labute approximate surface area is 211 Å². The first-order chi connectivity index (χ1) is 17.6. The van der Waals surface area contributed by atoms with Crippen LogP contribution in [0.4, 0.5) is 35.2 Å². The lowest BCUT2D eigenvalue weighted by Crippen LogP contribution is -2.51. The minimum atomic E-state index is -4.81. The number of ether oxygens (including phenoxy) is 1. The molecule has 0 bridgehead atoms. The predicted octanol–water partition coefficient (Wildman–Crippen LogP) is 4.27. The topological polar surface area (TPSA) is 113 Å². The van der Waals surface area contributed by atoms with E-state index in [2.05, 4.69) is 20.5 Å². The van der Waals surface area contributed by atoms with E-state index in [-0.39, 0.29) is 23.9 Å². The number of carbonyl (C=O) groups excluding carboxylic acids is 1. The van der Waals surface area contributed by atoms with Gasteiger partial charge in [-0.2, -0.15) is 18.2 Å².